The van der Waals surface area contributed by atoms with Crippen LogP contribution >= 0.6 is 0 Å². The molecule has 1 aliphatic heterocycles. The highest BCUT2D eigenvalue weighted by atomic mass is 19.4. The lowest BCUT2D eigenvalue weighted by Gasteiger charge is -2.31. The number of alkyl halides is 6. The first-order valence-electron chi connectivity index (χ1n) is 11.5. The standard InChI is InChI=1S/C19H24N6.2C2HF3O2/c1-2-4-16(5-3-1)10-18-14-25(23-22-18)12-17-6-8-24(9-7-17)13-19-11-20-15-21-19;2*3-2(4,5)1(6)7/h1-5,11,14-15,17H,6-10,12-13H2,(H,20,21);2*(H,6,7). The zero-order valence-corrected chi connectivity index (χ0v) is 20.4. The number of imidazole rings is 1. The van der Waals surface area contributed by atoms with E-state index in [-0.39, 0.29) is 0 Å². The average molecular weight is 564 g/mol. The molecule has 0 radical (unpaired) electrons. The zero-order valence-electron chi connectivity index (χ0n) is 20.4. The minimum atomic E-state index is -5.08. The predicted octanol–water partition coefficient (Wildman–Crippen LogP) is 3.77. The lowest BCUT2D eigenvalue weighted by molar-refractivity contribution is -0.193. The van der Waals surface area contributed by atoms with Gasteiger partial charge in [-0.15, -0.1) is 5.10 Å². The van der Waals surface area contributed by atoms with Gasteiger partial charge in [0.05, 0.1) is 12.0 Å². The fraction of sp³-hybridized carbons (Fsp3) is 0.435. The van der Waals surface area contributed by atoms with Crippen molar-refractivity contribution in [3.05, 3.63) is 66.0 Å². The third-order valence-electron chi connectivity index (χ3n) is 5.40. The van der Waals surface area contributed by atoms with E-state index >= 15 is 0 Å². The van der Waals surface area contributed by atoms with Crippen LogP contribution in [-0.4, -0.2) is 77.5 Å². The van der Waals surface area contributed by atoms with E-state index in [1.54, 1.807) is 6.33 Å². The van der Waals surface area contributed by atoms with E-state index in [9.17, 15) is 26.3 Å². The van der Waals surface area contributed by atoms with Gasteiger partial charge in [0.25, 0.3) is 0 Å². The second-order valence-electron chi connectivity index (χ2n) is 8.50. The van der Waals surface area contributed by atoms with Crippen LogP contribution in [0.4, 0.5) is 26.3 Å². The van der Waals surface area contributed by atoms with Gasteiger partial charge in [-0.25, -0.2) is 14.6 Å². The molecule has 0 saturated carbocycles. The molecule has 1 fully saturated rings. The van der Waals surface area contributed by atoms with Crippen molar-refractivity contribution in [2.75, 3.05) is 13.1 Å². The molecule has 0 spiro atoms. The molecule has 3 heterocycles. The fourth-order valence-corrected chi connectivity index (χ4v) is 3.52. The van der Waals surface area contributed by atoms with Crippen LogP contribution in [0.1, 0.15) is 29.8 Å². The Morgan fingerprint density at radius 2 is 1.54 bits per heavy atom. The molecule has 16 heteroatoms. The maximum atomic E-state index is 10.6. The highest BCUT2D eigenvalue weighted by Crippen LogP contribution is 2.20. The van der Waals surface area contributed by atoms with Crippen molar-refractivity contribution >= 4 is 11.9 Å². The lowest BCUT2D eigenvalue weighted by atomic mass is 9.97. The van der Waals surface area contributed by atoms with Gasteiger partial charge in [0.2, 0.25) is 0 Å². The minimum Gasteiger partial charge on any atom is -0.475 e. The monoisotopic (exact) mass is 564 g/mol. The van der Waals surface area contributed by atoms with Gasteiger partial charge >= 0.3 is 24.3 Å². The molecule has 0 bridgehead atoms. The molecule has 0 unspecified atom stereocenters. The number of aromatic nitrogens is 5. The first-order chi connectivity index (χ1) is 18.2. The van der Waals surface area contributed by atoms with E-state index in [4.69, 9.17) is 19.8 Å². The van der Waals surface area contributed by atoms with E-state index in [0.717, 1.165) is 38.3 Å². The Labute approximate surface area is 218 Å². The van der Waals surface area contributed by atoms with Gasteiger partial charge in [-0.05, 0) is 37.4 Å². The van der Waals surface area contributed by atoms with Gasteiger partial charge < -0.3 is 15.2 Å². The lowest BCUT2D eigenvalue weighted by Crippen LogP contribution is -2.34. The summed E-state index contributed by atoms with van der Waals surface area (Å²) in [4.78, 5) is 27.6. The Bertz CT molecular complexity index is 1120. The number of aliphatic carboxylic acids is 2. The van der Waals surface area contributed by atoms with Crippen molar-refractivity contribution in [3.8, 4) is 0 Å². The van der Waals surface area contributed by atoms with Crippen molar-refractivity contribution in [3.63, 3.8) is 0 Å². The number of carboxylic acids is 2. The van der Waals surface area contributed by atoms with Crippen molar-refractivity contribution in [2.45, 2.75) is 44.7 Å². The SMILES string of the molecule is O=C(O)C(F)(F)F.O=C(O)C(F)(F)F.c1ccc(Cc2cn(CC3CCN(Cc4cnc[nH]4)CC3)nn2)cc1. The largest absolute Gasteiger partial charge is 0.490 e. The van der Waals surface area contributed by atoms with Gasteiger partial charge in [-0.2, -0.15) is 26.3 Å². The van der Waals surface area contributed by atoms with E-state index in [1.165, 1.54) is 24.1 Å². The Morgan fingerprint density at radius 3 is 2.03 bits per heavy atom. The molecule has 39 heavy (non-hydrogen) atoms. The Kier molecular flexibility index (Phi) is 11.4. The van der Waals surface area contributed by atoms with Crippen LogP contribution in [-0.2, 0) is 29.1 Å². The van der Waals surface area contributed by atoms with E-state index < -0.39 is 24.3 Å². The molecule has 4 rings (SSSR count). The molecule has 214 valence electrons. The number of aromatic amines is 1. The van der Waals surface area contributed by atoms with Gasteiger partial charge in [-0.1, -0.05) is 35.5 Å². The van der Waals surface area contributed by atoms with Gasteiger partial charge in [0.15, 0.2) is 0 Å². The topological polar surface area (TPSA) is 137 Å². The van der Waals surface area contributed by atoms with E-state index in [2.05, 4.69) is 55.6 Å². The number of H-pyrrole nitrogens is 1. The Hall–Kier alpha value is -3.95. The summed E-state index contributed by atoms with van der Waals surface area (Å²) in [7, 11) is 0. The quantitative estimate of drug-likeness (QED) is 0.385. The number of nitrogens with zero attached hydrogens (tertiary/aromatic N) is 5. The minimum absolute atomic E-state index is 0.685. The van der Waals surface area contributed by atoms with Crippen molar-refractivity contribution in [2.24, 2.45) is 5.92 Å². The van der Waals surface area contributed by atoms with Crippen LogP contribution in [0.2, 0.25) is 0 Å². The fourth-order valence-electron chi connectivity index (χ4n) is 3.52. The molecule has 3 aromatic rings. The number of benzene rings is 1. The number of rotatable bonds is 6. The summed E-state index contributed by atoms with van der Waals surface area (Å²) in [5.41, 5.74) is 3.52. The van der Waals surface area contributed by atoms with Crippen LogP contribution in [0, 0.1) is 5.92 Å². The molecular weight excluding hydrogens is 538 g/mol. The normalized spacial score (nSPS) is 14.5. The highest BCUT2D eigenvalue weighted by Gasteiger charge is 2.38. The first-order valence-corrected chi connectivity index (χ1v) is 11.5. The van der Waals surface area contributed by atoms with Crippen molar-refractivity contribution < 1.29 is 46.1 Å². The summed E-state index contributed by atoms with van der Waals surface area (Å²) >= 11 is 0. The number of halogens is 6. The van der Waals surface area contributed by atoms with Crippen LogP contribution in [0.25, 0.3) is 0 Å². The molecule has 3 N–H and O–H groups in total. The molecular formula is C23H26F6N6O4. The molecule has 1 saturated heterocycles. The summed E-state index contributed by atoms with van der Waals surface area (Å²) in [6, 6.07) is 10.4. The smallest absolute Gasteiger partial charge is 0.475 e. The highest BCUT2D eigenvalue weighted by molar-refractivity contribution is 5.73. The molecule has 0 amide bonds. The third kappa shape index (κ3) is 12.0. The number of nitrogens with one attached hydrogen (secondary N) is 1. The summed E-state index contributed by atoms with van der Waals surface area (Å²) in [6.07, 6.45) is -1.13. The van der Waals surface area contributed by atoms with Crippen LogP contribution < -0.4 is 0 Å². The number of likely N-dealkylation sites (tertiary alicyclic amines) is 1. The van der Waals surface area contributed by atoms with Crippen molar-refractivity contribution in [1.82, 2.24) is 29.9 Å². The summed E-state index contributed by atoms with van der Waals surface area (Å²) in [5.74, 6) is -4.83. The summed E-state index contributed by atoms with van der Waals surface area (Å²) in [5, 5.41) is 22.9. The first kappa shape index (κ1) is 31.3. The van der Waals surface area contributed by atoms with Crippen LogP contribution in [0.15, 0.2) is 49.1 Å². The molecule has 2 aromatic heterocycles. The molecule has 10 nitrogen and oxygen atoms in total. The van der Waals surface area contributed by atoms with Gasteiger partial charge in [-0.3, -0.25) is 9.58 Å². The molecule has 1 aromatic carbocycles. The number of hydrogen-bond acceptors (Lipinski definition) is 6. The van der Waals surface area contributed by atoms with Crippen LogP contribution in [0.5, 0.6) is 0 Å². The Balaban J connectivity index is 0.000000317. The zero-order chi connectivity index (χ0) is 29.1. The third-order valence-corrected chi connectivity index (χ3v) is 5.40. The number of carboxylic acid groups (broad SMARTS) is 2. The average Bonchev–Trinajstić information content (AvgIpc) is 3.53. The molecule has 0 atom stereocenters. The second kappa shape index (κ2) is 14.3. The number of hydrogen-bond donors (Lipinski definition) is 3. The van der Waals surface area contributed by atoms with Gasteiger partial charge in [0.1, 0.15) is 0 Å². The predicted molar refractivity (Wildman–Crippen MR) is 123 cm³/mol. The Morgan fingerprint density at radius 1 is 0.974 bits per heavy atom. The number of piperidine rings is 1. The maximum Gasteiger partial charge on any atom is 0.490 e. The maximum absolute atomic E-state index is 10.6. The number of carbonyl (C=O) groups is 2. The molecule has 1 aliphatic rings. The van der Waals surface area contributed by atoms with E-state index in [0.29, 0.717) is 5.92 Å². The van der Waals surface area contributed by atoms with E-state index in [1.807, 2.05) is 16.9 Å². The van der Waals surface area contributed by atoms with Crippen LogP contribution in [0.3, 0.4) is 0 Å². The second-order valence-corrected chi connectivity index (χ2v) is 8.50. The summed E-state index contributed by atoms with van der Waals surface area (Å²) in [6.45, 7) is 4.21. The van der Waals surface area contributed by atoms with Gasteiger partial charge in [0, 0.05) is 37.6 Å². The summed E-state index contributed by atoms with van der Waals surface area (Å²) < 4.78 is 65.5. The van der Waals surface area contributed by atoms with Crippen molar-refractivity contribution in [1.29, 1.82) is 0 Å². The molecule has 0 aliphatic carbocycles.